The van der Waals surface area contributed by atoms with E-state index in [1.807, 2.05) is 0 Å². The number of anilines is 1. The van der Waals surface area contributed by atoms with Crippen LogP contribution >= 0.6 is 0 Å². The molecule has 1 unspecified atom stereocenters. The van der Waals surface area contributed by atoms with Gasteiger partial charge in [0.05, 0.1) is 6.61 Å². The van der Waals surface area contributed by atoms with E-state index in [2.05, 4.69) is 21.8 Å². The van der Waals surface area contributed by atoms with Gasteiger partial charge >= 0.3 is 0 Å². The Labute approximate surface area is 126 Å². The molecule has 0 spiro atoms. The van der Waals surface area contributed by atoms with Gasteiger partial charge in [0.15, 0.2) is 5.82 Å². The molecule has 6 heteroatoms. The van der Waals surface area contributed by atoms with Crippen LogP contribution in [0.1, 0.15) is 62.7 Å². The molecule has 0 aromatic carbocycles. The average Bonchev–Trinajstić information content (AvgIpc) is 2.55. The first-order chi connectivity index (χ1) is 10.3. The van der Waals surface area contributed by atoms with Crippen LogP contribution in [-0.4, -0.2) is 46.1 Å². The number of nitrogens with zero attached hydrogens (tertiary/aromatic N) is 4. The van der Waals surface area contributed by atoms with Gasteiger partial charge in [-0.1, -0.05) is 26.2 Å². The molecule has 2 fully saturated rings. The Morgan fingerprint density at radius 1 is 1.14 bits per heavy atom. The van der Waals surface area contributed by atoms with Gasteiger partial charge in [-0.15, -0.1) is 0 Å². The molecule has 0 bridgehead atoms. The fourth-order valence-corrected chi connectivity index (χ4v) is 3.26. The molecule has 1 atom stereocenters. The predicted molar refractivity (Wildman–Crippen MR) is 80.9 cm³/mol. The van der Waals surface area contributed by atoms with Crippen LogP contribution in [-0.2, 0) is 4.74 Å². The maximum absolute atomic E-state index is 5.91. The van der Waals surface area contributed by atoms with Crippen molar-refractivity contribution < 1.29 is 4.74 Å². The number of morpholine rings is 1. The van der Waals surface area contributed by atoms with Gasteiger partial charge in [0, 0.05) is 19.0 Å². The summed E-state index contributed by atoms with van der Waals surface area (Å²) < 4.78 is 5.84. The van der Waals surface area contributed by atoms with Crippen LogP contribution in [0.25, 0.3) is 0 Å². The lowest BCUT2D eigenvalue weighted by Gasteiger charge is -2.31. The summed E-state index contributed by atoms with van der Waals surface area (Å²) in [5.41, 5.74) is 5.91. The van der Waals surface area contributed by atoms with Gasteiger partial charge in [-0.2, -0.15) is 9.97 Å². The molecule has 1 aromatic rings. The van der Waals surface area contributed by atoms with Crippen molar-refractivity contribution in [3.05, 3.63) is 11.6 Å². The Balaban J connectivity index is 1.80. The van der Waals surface area contributed by atoms with Crippen molar-refractivity contribution in [3.8, 4) is 0 Å². The van der Waals surface area contributed by atoms with Gasteiger partial charge in [0.25, 0.3) is 0 Å². The van der Waals surface area contributed by atoms with E-state index < -0.39 is 0 Å². The van der Waals surface area contributed by atoms with Gasteiger partial charge in [-0.25, -0.2) is 4.98 Å². The molecule has 2 N–H and O–H groups in total. The average molecular weight is 291 g/mol. The van der Waals surface area contributed by atoms with Gasteiger partial charge in [-0.3, -0.25) is 4.90 Å². The fraction of sp³-hybridized carbons (Fsp3) is 0.800. The summed E-state index contributed by atoms with van der Waals surface area (Å²) in [5, 5.41) is 0. The Bertz CT molecular complexity index is 475. The highest BCUT2D eigenvalue weighted by molar-refractivity contribution is 5.19. The van der Waals surface area contributed by atoms with E-state index in [0.29, 0.717) is 17.7 Å². The Morgan fingerprint density at radius 3 is 2.67 bits per heavy atom. The zero-order valence-electron chi connectivity index (χ0n) is 12.8. The fourth-order valence-electron chi connectivity index (χ4n) is 3.26. The zero-order chi connectivity index (χ0) is 14.7. The maximum atomic E-state index is 5.91. The number of hydrogen-bond donors (Lipinski definition) is 1. The second-order valence-electron chi connectivity index (χ2n) is 6.00. The highest BCUT2D eigenvalue weighted by Gasteiger charge is 2.26. The van der Waals surface area contributed by atoms with Gasteiger partial charge in [-0.05, 0) is 19.4 Å². The lowest BCUT2D eigenvalue weighted by Crippen LogP contribution is -2.38. The molecule has 2 aliphatic rings. The number of aromatic nitrogens is 3. The minimum Gasteiger partial charge on any atom is -0.368 e. The minimum absolute atomic E-state index is 0.0775. The molecule has 1 saturated heterocycles. The van der Waals surface area contributed by atoms with Crippen LogP contribution in [0.5, 0.6) is 0 Å². The molecule has 2 heterocycles. The largest absolute Gasteiger partial charge is 0.368 e. The van der Waals surface area contributed by atoms with Crippen LogP contribution in [0.4, 0.5) is 5.95 Å². The third-order valence-corrected chi connectivity index (χ3v) is 4.54. The first-order valence-electron chi connectivity index (χ1n) is 8.11. The topological polar surface area (TPSA) is 77.2 Å². The van der Waals surface area contributed by atoms with Crippen molar-refractivity contribution in [3.63, 3.8) is 0 Å². The summed E-state index contributed by atoms with van der Waals surface area (Å²) in [7, 11) is 0. The van der Waals surface area contributed by atoms with E-state index in [9.17, 15) is 0 Å². The quantitative estimate of drug-likeness (QED) is 0.916. The van der Waals surface area contributed by atoms with Crippen molar-refractivity contribution in [1.29, 1.82) is 0 Å². The maximum Gasteiger partial charge on any atom is 0.223 e. The van der Waals surface area contributed by atoms with E-state index >= 15 is 0 Å². The van der Waals surface area contributed by atoms with E-state index in [1.54, 1.807) is 0 Å². The molecule has 1 aromatic heterocycles. The Kier molecular flexibility index (Phi) is 4.65. The SMILES string of the molecule is CCN1CCOC(c2nc(N)nc(C3CCCCC3)n2)C1. The van der Waals surface area contributed by atoms with Gasteiger partial charge in [0.2, 0.25) is 5.95 Å². The molecular weight excluding hydrogens is 266 g/mol. The third-order valence-electron chi connectivity index (χ3n) is 4.54. The molecule has 6 nitrogen and oxygen atoms in total. The number of likely N-dealkylation sites (N-methyl/N-ethyl adjacent to an activating group) is 1. The summed E-state index contributed by atoms with van der Waals surface area (Å²) in [4.78, 5) is 15.8. The van der Waals surface area contributed by atoms with Crippen LogP contribution in [0.2, 0.25) is 0 Å². The highest BCUT2D eigenvalue weighted by Crippen LogP contribution is 2.31. The summed E-state index contributed by atoms with van der Waals surface area (Å²) in [6.07, 6.45) is 6.09. The van der Waals surface area contributed by atoms with Crippen molar-refractivity contribution in [2.45, 2.75) is 51.0 Å². The Hall–Kier alpha value is -1.27. The van der Waals surface area contributed by atoms with E-state index in [0.717, 1.165) is 44.9 Å². The van der Waals surface area contributed by atoms with Crippen molar-refractivity contribution >= 4 is 5.95 Å². The van der Waals surface area contributed by atoms with Crippen LogP contribution in [0, 0.1) is 0 Å². The normalized spacial score (nSPS) is 25.1. The van der Waals surface area contributed by atoms with E-state index in [1.165, 1.54) is 19.3 Å². The first-order valence-corrected chi connectivity index (χ1v) is 8.11. The number of hydrogen-bond acceptors (Lipinski definition) is 6. The van der Waals surface area contributed by atoms with Crippen LogP contribution < -0.4 is 5.73 Å². The predicted octanol–water partition coefficient (Wildman–Crippen LogP) is 1.89. The van der Waals surface area contributed by atoms with Crippen LogP contribution in [0.3, 0.4) is 0 Å². The number of rotatable bonds is 3. The third kappa shape index (κ3) is 3.49. The molecule has 0 radical (unpaired) electrons. The first kappa shape index (κ1) is 14.7. The number of nitrogens with two attached hydrogens (primary N) is 1. The highest BCUT2D eigenvalue weighted by atomic mass is 16.5. The zero-order valence-corrected chi connectivity index (χ0v) is 12.8. The lowest BCUT2D eigenvalue weighted by molar-refractivity contribution is -0.0327. The summed E-state index contributed by atoms with van der Waals surface area (Å²) in [6, 6.07) is 0. The molecular formula is C15H25N5O. The monoisotopic (exact) mass is 291 g/mol. The molecule has 3 rings (SSSR count). The number of nitrogen functional groups attached to an aromatic ring is 1. The van der Waals surface area contributed by atoms with Crippen molar-refractivity contribution in [2.75, 3.05) is 32.0 Å². The lowest BCUT2D eigenvalue weighted by atomic mass is 9.89. The molecule has 1 aliphatic heterocycles. The smallest absolute Gasteiger partial charge is 0.223 e. The summed E-state index contributed by atoms with van der Waals surface area (Å²) >= 11 is 0. The Morgan fingerprint density at radius 2 is 1.90 bits per heavy atom. The van der Waals surface area contributed by atoms with Crippen LogP contribution in [0.15, 0.2) is 0 Å². The molecule has 116 valence electrons. The molecule has 1 saturated carbocycles. The van der Waals surface area contributed by atoms with Gasteiger partial charge in [0.1, 0.15) is 11.9 Å². The van der Waals surface area contributed by atoms with Crippen molar-refractivity contribution in [2.24, 2.45) is 0 Å². The molecule has 21 heavy (non-hydrogen) atoms. The van der Waals surface area contributed by atoms with Crippen molar-refractivity contribution in [1.82, 2.24) is 19.9 Å². The summed E-state index contributed by atoms with van der Waals surface area (Å²) in [5.74, 6) is 2.35. The molecule has 1 aliphatic carbocycles. The second kappa shape index (κ2) is 6.66. The van der Waals surface area contributed by atoms with E-state index in [4.69, 9.17) is 15.5 Å². The second-order valence-corrected chi connectivity index (χ2v) is 6.00. The standard InChI is InChI=1S/C15H25N5O/c1-2-20-8-9-21-12(10-20)14-17-13(18-15(16)19-14)11-6-4-3-5-7-11/h11-12H,2-10H2,1H3,(H2,16,17,18,19). The molecule has 0 amide bonds. The minimum atomic E-state index is -0.0775. The van der Waals surface area contributed by atoms with E-state index in [-0.39, 0.29) is 6.10 Å². The summed E-state index contributed by atoms with van der Waals surface area (Å²) in [6.45, 7) is 5.73. The number of ether oxygens (including phenoxy) is 1. The van der Waals surface area contributed by atoms with Gasteiger partial charge < -0.3 is 10.5 Å².